The van der Waals surface area contributed by atoms with Crippen LogP contribution in [0.5, 0.6) is 11.5 Å². The molecule has 0 radical (unpaired) electrons. The zero-order chi connectivity index (χ0) is 29.1. The number of thiocarbonyl (C=S) groups is 1. The third kappa shape index (κ3) is 6.79. The second kappa shape index (κ2) is 12.9. The number of ether oxygens (including phenoxy) is 2. The number of rotatable bonds is 8. The fourth-order valence-electron chi connectivity index (χ4n) is 3.98. The van der Waals surface area contributed by atoms with Crippen molar-refractivity contribution in [2.75, 3.05) is 23.4 Å². The Morgan fingerprint density at radius 1 is 0.975 bits per heavy atom. The summed E-state index contributed by atoms with van der Waals surface area (Å²) in [6.07, 6.45) is 1.78. The smallest absolute Gasteiger partial charge is 0.270 e. The second-order valence-electron chi connectivity index (χ2n) is 9.30. The van der Waals surface area contributed by atoms with Gasteiger partial charge < -0.3 is 14.8 Å². The fourth-order valence-corrected chi connectivity index (χ4v) is 6.41. The number of thioether (sulfide) groups is 1. The molecule has 1 heterocycles. The van der Waals surface area contributed by atoms with Gasteiger partial charge in [0.2, 0.25) is 0 Å². The molecule has 1 saturated heterocycles. The fraction of sp³-hybridized carbons (Fsp3) is 0.233. The third-order valence-corrected chi connectivity index (χ3v) is 8.92. The van der Waals surface area contributed by atoms with E-state index in [-0.39, 0.29) is 18.4 Å². The zero-order valence-electron chi connectivity index (χ0n) is 22.7. The lowest BCUT2D eigenvalue weighted by atomic mass is 10.1. The summed E-state index contributed by atoms with van der Waals surface area (Å²) in [7, 11) is 0. The van der Waals surface area contributed by atoms with Gasteiger partial charge in [0.05, 0.1) is 27.4 Å². The molecule has 0 bridgehead atoms. The minimum absolute atomic E-state index is 0.179. The Kier molecular flexibility index (Phi) is 9.76. The first kappa shape index (κ1) is 30.3. The van der Waals surface area contributed by atoms with E-state index in [1.165, 1.54) is 11.8 Å². The molecular weight excluding hydrogens is 676 g/mol. The first-order valence-corrected chi connectivity index (χ1v) is 15.3. The predicted octanol–water partition coefficient (Wildman–Crippen LogP) is 8.27. The van der Waals surface area contributed by atoms with Crippen LogP contribution in [0.1, 0.15) is 34.7 Å². The molecule has 3 aromatic rings. The molecule has 3 aromatic carbocycles. The summed E-state index contributed by atoms with van der Waals surface area (Å²) in [5.74, 6) is 0.364. The van der Waals surface area contributed by atoms with Crippen LogP contribution in [0.25, 0.3) is 6.08 Å². The van der Waals surface area contributed by atoms with Gasteiger partial charge in [-0.15, -0.1) is 0 Å². The molecule has 40 heavy (non-hydrogen) atoms. The van der Waals surface area contributed by atoms with E-state index in [0.717, 1.165) is 38.0 Å². The lowest BCUT2D eigenvalue weighted by Crippen LogP contribution is -2.27. The summed E-state index contributed by atoms with van der Waals surface area (Å²) < 4.78 is 13.6. The summed E-state index contributed by atoms with van der Waals surface area (Å²) >= 11 is 13.8. The summed E-state index contributed by atoms with van der Waals surface area (Å²) in [4.78, 5) is 28.1. The van der Waals surface area contributed by atoms with Gasteiger partial charge in [-0.05, 0) is 137 Å². The van der Waals surface area contributed by atoms with Gasteiger partial charge >= 0.3 is 0 Å². The maximum atomic E-state index is 13.3. The Morgan fingerprint density at radius 3 is 2.38 bits per heavy atom. The normalized spacial score (nSPS) is 14.2. The largest absolute Gasteiger partial charge is 0.490 e. The number of carbonyl (C=O) groups is 2. The van der Waals surface area contributed by atoms with E-state index in [1.807, 2.05) is 71.0 Å². The van der Waals surface area contributed by atoms with Crippen LogP contribution in [0.3, 0.4) is 0 Å². The van der Waals surface area contributed by atoms with Crippen LogP contribution in [-0.4, -0.2) is 29.3 Å². The van der Waals surface area contributed by atoms with Crippen molar-refractivity contribution in [2.45, 2.75) is 34.6 Å². The topological polar surface area (TPSA) is 67.9 Å². The Hall–Kier alpha value is -2.66. The molecule has 0 saturated carbocycles. The first-order valence-electron chi connectivity index (χ1n) is 12.5. The molecule has 4 rings (SSSR count). The van der Waals surface area contributed by atoms with Crippen molar-refractivity contribution in [1.29, 1.82) is 0 Å². The van der Waals surface area contributed by atoms with Crippen LogP contribution >= 0.6 is 55.8 Å². The number of nitrogens with zero attached hydrogens (tertiary/aromatic N) is 1. The summed E-state index contributed by atoms with van der Waals surface area (Å²) in [6, 6.07) is 13.3. The van der Waals surface area contributed by atoms with Gasteiger partial charge in [-0.25, -0.2) is 0 Å². The number of hydrogen-bond donors (Lipinski definition) is 1. The van der Waals surface area contributed by atoms with E-state index in [0.29, 0.717) is 37.5 Å². The quantitative estimate of drug-likeness (QED) is 0.188. The van der Waals surface area contributed by atoms with Crippen molar-refractivity contribution in [3.05, 3.63) is 84.1 Å². The molecule has 1 N–H and O–H groups in total. The molecule has 0 spiro atoms. The van der Waals surface area contributed by atoms with Gasteiger partial charge in [0.25, 0.3) is 11.8 Å². The number of halogens is 2. The molecule has 0 aliphatic carbocycles. The van der Waals surface area contributed by atoms with Crippen LogP contribution in [0, 0.1) is 27.7 Å². The maximum Gasteiger partial charge on any atom is 0.270 e. The molecular formula is C30H28Br2N2O4S2. The minimum Gasteiger partial charge on any atom is -0.490 e. The standard InChI is InChI=1S/C30H28Br2N2O4S2/c1-6-37-25-13-20(14-26-29(36)34(30(39)40-26)21-8-7-16(2)17(3)9-21)12-23(32)28(25)38-15-27(35)33-24-11-19(5)18(4)10-22(24)31/h7-14H,6,15H2,1-5H3,(H,33,35)/b26-14-. The van der Waals surface area contributed by atoms with Crippen LogP contribution in [0.4, 0.5) is 11.4 Å². The predicted molar refractivity (Wildman–Crippen MR) is 175 cm³/mol. The molecule has 0 aromatic heterocycles. The van der Waals surface area contributed by atoms with Gasteiger partial charge in [0.1, 0.15) is 0 Å². The number of carbonyl (C=O) groups excluding carboxylic acids is 2. The molecule has 6 nitrogen and oxygen atoms in total. The van der Waals surface area contributed by atoms with Crippen molar-refractivity contribution in [3.8, 4) is 11.5 Å². The molecule has 2 amide bonds. The number of benzene rings is 3. The van der Waals surface area contributed by atoms with Gasteiger partial charge in [-0.1, -0.05) is 30.0 Å². The van der Waals surface area contributed by atoms with E-state index >= 15 is 0 Å². The van der Waals surface area contributed by atoms with Crippen LogP contribution in [-0.2, 0) is 9.59 Å². The van der Waals surface area contributed by atoms with Crippen LogP contribution in [0.2, 0.25) is 0 Å². The summed E-state index contributed by atoms with van der Waals surface area (Å²) in [5.41, 5.74) is 6.59. The van der Waals surface area contributed by atoms with Gasteiger partial charge in [0.15, 0.2) is 22.4 Å². The average Bonchev–Trinajstić information content (AvgIpc) is 3.16. The van der Waals surface area contributed by atoms with E-state index in [2.05, 4.69) is 37.2 Å². The first-order chi connectivity index (χ1) is 19.0. The van der Waals surface area contributed by atoms with E-state index < -0.39 is 0 Å². The Balaban J connectivity index is 1.53. The lowest BCUT2D eigenvalue weighted by Gasteiger charge is -2.16. The minimum atomic E-state index is -0.308. The number of amides is 2. The van der Waals surface area contributed by atoms with E-state index in [4.69, 9.17) is 21.7 Å². The molecule has 1 aliphatic rings. The number of aryl methyl sites for hydroxylation is 4. The van der Waals surface area contributed by atoms with Crippen molar-refractivity contribution in [1.82, 2.24) is 0 Å². The molecule has 0 unspecified atom stereocenters. The zero-order valence-corrected chi connectivity index (χ0v) is 27.5. The molecule has 10 heteroatoms. The SMILES string of the molecule is CCOc1cc(/C=C2\SC(=S)N(c3ccc(C)c(C)c3)C2=O)cc(Br)c1OCC(=O)Nc1cc(C)c(C)cc1Br. The van der Waals surface area contributed by atoms with Crippen LogP contribution < -0.4 is 19.7 Å². The number of nitrogens with one attached hydrogen (secondary N) is 1. The van der Waals surface area contributed by atoms with Crippen molar-refractivity contribution in [3.63, 3.8) is 0 Å². The highest BCUT2D eigenvalue weighted by molar-refractivity contribution is 9.11. The van der Waals surface area contributed by atoms with Crippen LogP contribution in [0.15, 0.2) is 56.3 Å². The van der Waals surface area contributed by atoms with Crippen molar-refractivity contribution >= 4 is 89.4 Å². The molecule has 1 fully saturated rings. The van der Waals surface area contributed by atoms with E-state index in [9.17, 15) is 9.59 Å². The van der Waals surface area contributed by atoms with E-state index in [1.54, 1.807) is 17.0 Å². The Morgan fingerprint density at radius 2 is 1.68 bits per heavy atom. The molecule has 0 atom stereocenters. The number of anilines is 2. The Labute approximate surface area is 260 Å². The molecule has 1 aliphatic heterocycles. The molecule has 208 valence electrons. The van der Waals surface area contributed by atoms with Crippen molar-refractivity contribution < 1.29 is 19.1 Å². The average molecular weight is 705 g/mol. The maximum absolute atomic E-state index is 13.3. The highest BCUT2D eigenvalue weighted by Gasteiger charge is 2.33. The third-order valence-electron chi connectivity index (χ3n) is 6.38. The Bertz CT molecular complexity index is 1560. The lowest BCUT2D eigenvalue weighted by molar-refractivity contribution is -0.118. The van der Waals surface area contributed by atoms with Gasteiger partial charge in [0, 0.05) is 4.47 Å². The highest BCUT2D eigenvalue weighted by atomic mass is 79.9. The highest BCUT2D eigenvalue weighted by Crippen LogP contribution is 2.40. The van der Waals surface area contributed by atoms with Gasteiger partial charge in [-0.3, -0.25) is 14.5 Å². The summed E-state index contributed by atoms with van der Waals surface area (Å²) in [5, 5.41) is 2.88. The van der Waals surface area contributed by atoms with Gasteiger partial charge in [-0.2, -0.15) is 0 Å². The monoisotopic (exact) mass is 702 g/mol. The summed E-state index contributed by atoms with van der Waals surface area (Å²) in [6.45, 7) is 10.1. The second-order valence-corrected chi connectivity index (χ2v) is 12.7. The van der Waals surface area contributed by atoms with Crippen molar-refractivity contribution in [2.24, 2.45) is 0 Å². The number of hydrogen-bond acceptors (Lipinski definition) is 6.